The number of pyridine rings is 1. The monoisotopic (exact) mass is 508 g/mol. The summed E-state index contributed by atoms with van der Waals surface area (Å²) in [5.41, 5.74) is 1.59. The summed E-state index contributed by atoms with van der Waals surface area (Å²) in [5, 5.41) is 14.3. The van der Waals surface area contributed by atoms with Crippen molar-refractivity contribution in [1.82, 2.24) is 10.1 Å². The molecule has 8 heteroatoms. The maximum absolute atomic E-state index is 14.2. The van der Waals surface area contributed by atoms with Crippen molar-refractivity contribution in [2.24, 2.45) is 0 Å². The Morgan fingerprint density at radius 2 is 1.81 bits per heavy atom. The molecule has 0 spiro atoms. The van der Waals surface area contributed by atoms with Crippen LogP contribution in [0.5, 0.6) is 0 Å². The quantitative estimate of drug-likeness (QED) is 0.384. The van der Waals surface area contributed by atoms with Crippen LogP contribution in [-0.2, 0) is 22.2 Å². The minimum atomic E-state index is -2.74. The number of carbonyl (C=O) groups is 1. The third kappa shape index (κ3) is 3.47. The molecule has 2 heterocycles. The van der Waals surface area contributed by atoms with E-state index in [1.807, 2.05) is 18.2 Å². The van der Waals surface area contributed by atoms with Crippen LogP contribution in [0.15, 0.2) is 34.9 Å². The van der Waals surface area contributed by atoms with Crippen LogP contribution in [-0.4, -0.2) is 32.7 Å². The molecule has 6 nitrogen and oxygen atoms in total. The standard InChI is InChI=1S/C29H30F2N2O4/c1-26(16-29(26,30)31)24-20(23(37-33-24)17-5-6-17)15-36-28-12-9-27(10-13-28,11-14-28)22-8-7-18-19(25(34)35)3-2-4-21(18)32-22/h2-4,7-8,17H,5-6,9-16H2,1H3,(H,34,35). The van der Waals surface area contributed by atoms with E-state index in [2.05, 4.69) is 5.16 Å². The van der Waals surface area contributed by atoms with Crippen molar-refractivity contribution in [2.75, 3.05) is 0 Å². The van der Waals surface area contributed by atoms with E-state index in [4.69, 9.17) is 14.2 Å². The Labute approximate surface area is 213 Å². The van der Waals surface area contributed by atoms with Gasteiger partial charge >= 0.3 is 5.97 Å². The average molecular weight is 509 g/mol. The number of rotatable bonds is 7. The van der Waals surface area contributed by atoms with E-state index >= 15 is 0 Å². The maximum Gasteiger partial charge on any atom is 0.336 e. The van der Waals surface area contributed by atoms with Crippen LogP contribution in [0, 0.1) is 0 Å². The highest BCUT2D eigenvalue weighted by molar-refractivity contribution is 6.02. The van der Waals surface area contributed by atoms with Gasteiger partial charge in [0, 0.05) is 34.4 Å². The van der Waals surface area contributed by atoms with E-state index in [1.165, 1.54) is 0 Å². The molecule has 1 aromatic carbocycles. The fourth-order valence-corrected chi connectivity index (χ4v) is 6.83. The number of fused-ring (bicyclic) bond motifs is 4. The minimum Gasteiger partial charge on any atom is -0.478 e. The lowest BCUT2D eigenvalue weighted by Crippen LogP contribution is -2.50. The molecular formula is C29H30F2N2O4. The Morgan fingerprint density at radius 1 is 1.11 bits per heavy atom. The van der Waals surface area contributed by atoms with Gasteiger partial charge in [-0.15, -0.1) is 0 Å². The third-order valence-electron chi connectivity index (χ3n) is 9.75. The first kappa shape index (κ1) is 23.3. The first-order chi connectivity index (χ1) is 17.7. The number of aromatic nitrogens is 2. The zero-order valence-corrected chi connectivity index (χ0v) is 20.9. The summed E-state index contributed by atoms with van der Waals surface area (Å²) in [5.74, 6) is -2.67. The number of aromatic carboxylic acids is 1. The van der Waals surface area contributed by atoms with Crippen molar-refractivity contribution in [3.63, 3.8) is 0 Å². The van der Waals surface area contributed by atoms with Crippen LogP contribution in [0.2, 0.25) is 0 Å². The molecule has 0 amide bonds. The number of hydrogen-bond acceptors (Lipinski definition) is 5. The van der Waals surface area contributed by atoms with E-state index in [9.17, 15) is 18.7 Å². The predicted molar refractivity (Wildman–Crippen MR) is 131 cm³/mol. The summed E-state index contributed by atoms with van der Waals surface area (Å²) in [6.45, 7) is 1.85. The van der Waals surface area contributed by atoms with Gasteiger partial charge < -0.3 is 14.4 Å². The molecule has 0 aliphatic heterocycles. The van der Waals surface area contributed by atoms with Crippen LogP contribution in [0.3, 0.4) is 0 Å². The van der Waals surface area contributed by atoms with Gasteiger partial charge in [0.05, 0.1) is 28.7 Å². The SMILES string of the molecule is CC1(c2noc(C3CC3)c2COC23CCC(c4ccc5c(C(=O)O)cccc5n4)(CC2)CC3)CC1(F)F. The largest absolute Gasteiger partial charge is 0.478 e. The maximum atomic E-state index is 14.2. The van der Waals surface area contributed by atoms with Gasteiger partial charge in [0.15, 0.2) is 0 Å². The normalized spacial score (nSPS) is 32.1. The second-order valence-electron chi connectivity index (χ2n) is 12.0. The molecule has 5 aliphatic carbocycles. The van der Waals surface area contributed by atoms with Crippen LogP contribution in [0.4, 0.5) is 8.78 Å². The third-order valence-corrected chi connectivity index (χ3v) is 9.75. The lowest BCUT2D eigenvalue weighted by atomic mass is 9.57. The molecule has 194 valence electrons. The van der Waals surface area contributed by atoms with Crippen LogP contribution in [0.1, 0.15) is 104 Å². The molecule has 37 heavy (non-hydrogen) atoms. The number of carboxylic acids is 1. The van der Waals surface area contributed by atoms with Crippen molar-refractivity contribution in [3.8, 4) is 0 Å². The summed E-state index contributed by atoms with van der Waals surface area (Å²) in [4.78, 5) is 16.5. The number of carboxylic acid groups (broad SMARTS) is 1. The Balaban J connectivity index is 1.10. The lowest BCUT2D eigenvalue weighted by Gasteiger charge is -2.53. The van der Waals surface area contributed by atoms with E-state index < -0.39 is 17.3 Å². The molecule has 0 saturated heterocycles. The first-order valence-corrected chi connectivity index (χ1v) is 13.3. The minimum absolute atomic E-state index is 0.0381. The number of nitrogens with zero attached hydrogens (tertiary/aromatic N) is 2. The molecule has 3 aromatic rings. The molecular weight excluding hydrogens is 478 g/mol. The molecule has 5 saturated carbocycles. The van der Waals surface area contributed by atoms with Gasteiger partial charge in [-0.1, -0.05) is 17.3 Å². The molecule has 0 radical (unpaired) electrons. The molecule has 1 atom stereocenters. The fraction of sp³-hybridized carbons (Fsp3) is 0.552. The summed E-state index contributed by atoms with van der Waals surface area (Å²) in [6.07, 6.45) is 7.29. The molecule has 5 fully saturated rings. The topological polar surface area (TPSA) is 85.5 Å². The lowest BCUT2D eigenvalue weighted by molar-refractivity contribution is -0.127. The first-order valence-electron chi connectivity index (χ1n) is 13.3. The summed E-state index contributed by atoms with van der Waals surface area (Å²) >= 11 is 0. The number of halogens is 2. The predicted octanol–water partition coefficient (Wildman–Crippen LogP) is 6.66. The average Bonchev–Trinajstić information content (AvgIpc) is 3.77. The van der Waals surface area contributed by atoms with Gasteiger partial charge in [-0.2, -0.15) is 0 Å². The van der Waals surface area contributed by atoms with E-state index in [0.717, 1.165) is 68.4 Å². The fourth-order valence-electron chi connectivity index (χ4n) is 6.83. The van der Waals surface area contributed by atoms with Crippen molar-refractivity contribution < 1.29 is 27.9 Å². The van der Waals surface area contributed by atoms with Gasteiger partial charge in [0.2, 0.25) is 0 Å². The Morgan fingerprint density at radius 3 is 2.43 bits per heavy atom. The van der Waals surface area contributed by atoms with Crippen molar-refractivity contribution in [3.05, 3.63) is 58.6 Å². The van der Waals surface area contributed by atoms with Gasteiger partial charge in [-0.05, 0) is 76.5 Å². The number of benzene rings is 1. The van der Waals surface area contributed by atoms with E-state index in [1.54, 1.807) is 19.1 Å². The number of ether oxygens (including phenoxy) is 1. The summed E-state index contributed by atoms with van der Waals surface area (Å²) < 4.78 is 40.7. The summed E-state index contributed by atoms with van der Waals surface area (Å²) in [7, 11) is 0. The molecule has 2 aromatic heterocycles. The van der Waals surface area contributed by atoms with Crippen molar-refractivity contribution in [2.45, 2.75) is 99.6 Å². The van der Waals surface area contributed by atoms with Gasteiger partial charge in [0.1, 0.15) is 11.5 Å². The molecule has 8 rings (SSSR count). The van der Waals surface area contributed by atoms with Gasteiger partial charge in [-0.3, -0.25) is 4.98 Å². The summed E-state index contributed by atoms with van der Waals surface area (Å²) in [6, 6.07) is 9.11. The highest BCUT2D eigenvalue weighted by atomic mass is 19.3. The Bertz CT molecular complexity index is 1400. The van der Waals surface area contributed by atoms with Crippen LogP contribution < -0.4 is 0 Å². The van der Waals surface area contributed by atoms with Crippen LogP contribution >= 0.6 is 0 Å². The Kier molecular flexibility index (Phi) is 4.77. The van der Waals surface area contributed by atoms with Crippen LogP contribution in [0.25, 0.3) is 10.9 Å². The number of alkyl halides is 2. The zero-order chi connectivity index (χ0) is 25.6. The smallest absolute Gasteiger partial charge is 0.336 e. The van der Waals surface area contributed by atoms with Crippen molar-refractivity contribution in [1.29, 1.82) is 0 Å². The zero-order valence-electron chi connectivity index (χ0n) is 20.9. The Hall–Kier alpha value is -2.87. The molecule has 1 N–H and O–H groups in total. The highest BCUT2D eigenvalue weighted by Gasteiger charge is 2.71. The second kappa shape index (κ2) is 7.59. The van der Waals surface area contributed by atoms with Crippen molar-refractivity contribution >= 4 is 16.9 Å². The second-order valence-corrected chi connectivity index (χ2v) is 12.0. The molecule has 1 unspecified atom stereocenters. The number of hydrogen-bond donors (Lipinski definition) is 1. The van der Waals surface area contributed by atoms with E-state index in [0.29, 0.717) is 16.6 Å². The molecule has 5 aliphatic rings. The van der Waals surface area contributed by atoms with E-state index in [-0.39, 0.29) is 35.5 Å². The van der Waals surface area contributed by atoms with Gasteiger partial charge in [-0.25, -0.2) is 13.6 Å². The molecule has 2 bridgehead atoms. The highest BCUT2D eigenvalue weighted by Crippen LogP contribution is 2.63. The van der Waals surface area contributed by atoms with Gasteiger partial charge in [0.25, 0.3) is 5.92 Å².